The fourth-order valence-electron chi connectivity index (χ4n) is 2.25. The lowest BCUT2D eigenvalue weighted by Crippen LogP contribution is -2.32. The van der Waals surface area contributed by atoms with Gasteiger partial charge in [0, 0.05) is 13.1 Å². The van der Waals surface area contributed by atoms with Crippen LogP contribution in [0.1, 0.15) is 36.2 Å². The predicted molar refractivity (Wildman–Crippen MR) is 88.4 cm³/mol. The summed E-state index contributed by atoms with van der Waals surface area (Å²) >= 11 is 0. The van der Waals surface area contributed by atoms with Crippen LogP contribution in [-0.2, 0) is 16.1 Å². The van der Waals surface area contributed by atoms with E-state index in [2.05, 4.69) is 15.6 Å². The average Bonchev–Trinajstić information content (AvgIpc) is 2.53. The van der Waals surface area contributed by atoms with Gasteiger partial charge in [-0.15, -0.1) is 0 Å². The lowest BCUT2D eigenvalue weighted by molar-refractivity contribution is -0.122. The van der Waals surface area contributed by atoms with E-state index in [0.29, 0.717) is 6.54 Å². The van der Waals surface area contributed by atoms with Crippen molar-refractivity contribution in [1.29, 1.82) is 0 Å². The van der Waals surface area contributed by atoms with Gasteiger partial charge in [-0.2, -0.15) is 0 Å². The second-order valence-electron chi connectivity index (χ2n) is 5.47. The lowest BCUT2D eigenvalue weighted by Gasteiger charge is -2.18. The molecule has 2 amide bonds. The maximum Gasteiger partial charge on any atom is 0.222 e. The highest BCUT2D eigenvalue weighted by molar-refractivity contribution is 5.79. The quantitative estimate of drug-likeness (QED) is 0.859. The summed E-state index contributed by atoms with van der Waals surface area (Å²) in [5.41, 5.74) is 2.85. The number of hydrogen-bond donors (Lipinski definition) is 2. The molecule has 1 heterocycles. The molecule has 5 heteroatoms. The van der Waals surface area contributed by atoms with Crippen molar-refractivity contribution < 1.29 is 9.59 Å². The molecule has 1 unspecified atom stereocenters. The number of aryl methyl sites for hydroxylation is 1. The SMILES string of the molecule is CC(=O)NC(CC(=O)NCc1ccccn1)c1ccc(C)cc1. The number of nitrogens with zero attached hydrogens (tertiary/aromatic N) is 1. The Morgan fingerprint density at radius 2 is 1.87 bits per heavy atom. The second-order valence-corrected chi connectivity index (χ2v) is 5.47. The molecule has 2 rings (SSSR count). The smallest absolute Gasteiger partial charge is 0.222 e. The van der Waals surface area contributed by atoms with Gasteiger partial charge < -0.3 is 10.6 Å². The second kappa shape index (κ2) is 8.08. The highest BCUT2D eigenvalue weighted by Gasteiger charge is 2.17. The monoisotopic (exact) mass is 311 g/mol. The van der Waals surface area contributed by atoms with Crippen LogP contribution in [0.15, 0.2) is 48.7 Å². The van der Waals surface area contributed by atoms with Crippen LogP contribution in [0.2, 0.25) is 0 Å². The van der Waals surface area contributed by atoms with Crippen molar-refractivity contribution in [2.45, 2.75) is 32.9 Å². The minimum Gasteiger partial charge on any atom is -0.350 e. The molecule has 1 aromatic carbocycles. The molecule has 120 valence electrons. The first-order valence-electron chi connectivity index (χ1n) is 7.55. The van der Waals surface area contributed by atoms with E-state index < -0.39 is 0 Å². The van der Waals surface area contributed by atoms with E-state index in [1.165, 1.54) is 6.92 Å². The Kier molecular flexibility index (Phi) is 5.86. The van der Waals surface area contributed by atoms with E-state index in [9.17, 15) is 9.59 Å². The summed E-state index contributed by atoms with van der Waals surface area (Å²) in [6, 6.07) is 13.0. The Morgan fingerprint density at radius 3 is 2.48 bits per heavy atom. The molecule has 1 atom stereocenters. The molecule has 0 saturated heterocycles. The molecule has 2 N–H and O–H groups in total. The summed E-state index contributed by atoms with van der Waals surface area (Å²) in [7, 11) is 0. The van der Waals surface area contributed by atoms with Crippen LogP contribution < -0.4 is 10.6 Å². The normalized spacial score (nSPS) is 11.6. The van der Waals surface area contributed by atoms with Crippen LogP contribution in [0, 0.1) is 6.92 Å². The summed E-state index contributed by atoms with van der Waals surface area (Å²) in [5.74, 6) is -0.289. The molecule has 2 aromatic rings. The fourth-order valence-corrected chi connectivity index (χ4v) is 2.25. The van der Waals surface area contributed by atoms with E-state index in [0.717, 1.165) is 16.8 Å². The maximum atomic E-state index is 12.2. The van der Waals surface area contributed by atoms with Crippen LogP contribution in [0.4, 0.5) is 0 Å². The van der Waals surface area contributed by atoms with Crippen molar-refractivity contribution >= 4 is 11.8 Å². The van der Waals surface area contributed by atoms with Crippen molar-refractivity contribution in [2.75, 3.05) is 0 Å². The highest BCUT2D eigenvalue weighted by Crippen LogP contribution is 2.17. The summed E-state index contributed by atoms with van der Waals surface area (Å²) < 4.78 is 0. The summed E-state index contributed by atoms with van der Waals surface area (Å²) in [5, 5.41) is 5.66. The molecule has 0 spiro atoms. The van der Waals surface area contributed by atoms with Gasteiger partial charge in [0.05, 0.1) is 24.7 Å². The van der Waals surface area contributed by atoms with Crippen molar-refractivity contribution in [3.8, 4) is 0 Å². The zero-order valence-corrected chi connectivity index (χ0v) is 13.4. The first-order valence-corrected chi connectivity index (χ1v) is 7.55. The zero-order chi connectivity index (χ0) is 16.7. The lowest BCUT2D eigenvalue weighted by atomic mass is 10.0. The number of rotatable bonds is 6. The molecule has 1 aromatic heterocycles. The van der Waals surface area contributed by atoms with Gasteiger partial charge in [0.25, 0.3) is 0 Å². The largest absolute Gasteiger partial charge is 0.350 e. The van der Waals surface area contributed by atoms with Gasteiger partial charge in [-0.1, -0.05) is 35.9 Å². The van der Waals surface area contributed by atoms with Crippen molar-refractivity contribution in [2.24, 2.45) is 0 Å². The third-order valence-electron chi connectivity index (χ3n) is 3.44. The van der Waals surface area contributed by atoms with Gasteiger partial charge in [0.2, 0.25) is 11.8 Å². The molecule has 0 bridgehead atoms. The third-order valence-corrected chi connectivity index (χ3v) is 3.44. The molecule has 0 aliphatic carbocycles. The van der Waals surface area contributed by atoms with Crippen molar-refractivity contribution in [3.63, 3.8) is 0 Å². The van der Waals surface area contributed by atoms with Crippen LogP contribution >= 0.6 is 0 Å². The molecule has 0 fully saturated rings. The number of hydrogen-bond acceptors (Lipinski definition) is 3. The first-order chi connectivity index (χ1) is 11.0. The van der Waals surface area contributed by atoms with Crippen LogP contribution in [0.3, 0.4) is 0 Å². The Bertz CT molecular complexity index is 654. The molecular weight excluding hydrogens is 290 g/mol. The van der Waals surface area contributed by atoms with Crippen LogP contribution in [0.25, 0.3) is 0 Å². The van der Waals surface area contributed by atoms with E-state index in [1.54, 1.807) is 6.20 Å². The Balaban J connectivity index is 1.98. The Labute approximate surface area is 136 Å². The molecular formula is C18H21N3O2. The molecule has 0 saturated carbocycles. The molecule has 5 nitrogen and oxygen atoms in total. The van der Waals surface area contributed by atoms with Gasteiger partial charge >= 0.3 is 0 Å². The Morgan fingerprint density at radius 1 is 1.13 bits per heavy atom. The average molecular weight is 311 g/mol. The van der Waals surface area contributed by atoms with E-state index in [-0.39, 0.29) is 24.3 Å². The molecule has 23 heavy (non-hydrogen) atoms. The zero-order valence-electron chi connectivity index (χ0n) is 13.4. The van der Waals surface area contributed by atoms with Crippen LogP contribution in [0.5, 0.6) is 0 Å². The van der Waals surface area contributed by atoms with Gasteiger partial charge in [-0.3, -0.25) is 14.6 Å². The van der Waals surface area contributed by atoms with Gasteiger partial charge in [-0.05, 0) is 24.6 Å². The Hall–Kier alpha value is -2.69. The number of pyridine rings is 1. The minimum absolute atomic E-state index is 0.130. The maximum absolute atomic E-state index is 12.2. The number of carbonyl (C=O) groups is 2. The molecule has 0 radical (unpaired) electrons. The minimum atomic E-state index is -0.336. The van der Waals surface area contributed by atoms with E-state index >= 15 is 0 Å². The number of carbonyl (C=O) groups excluding carboxylic acids is 2. The topological polar surface area (TPSA) is 71.1 Å². The predicted octanol–water partition coefficient (Wildman–Crippen LogP) is 2.27. The number of aromatic nitrogens is 1. The summed E-state index contributed by atoms with van der Waals surface area (Å²) in [6.07, 6.45) is 1.88. The molecule has 0 aliphatic heterocycles. The van der Waals surface area contributed by atoms with Gasteiger partial charge in [0.15, 0.2) is 0 Å². The standard InChI is InChI=1S/C18H21N3O2/c1-13-6-8-15(9-7-13)17(21-14(2)22)11-18(23)20-12-16-5-3-4-10-19-16/h3-10,17H,11-12H2,1-2H3,(H,20,23)(H,21,22). The van der Waals surface area contributed by atoms with Crippen molar-refractivity contribution in [1.82, 2.24) is 15.6 Å². The van der Waals surface area contributed by atoms with Crippen molar-refractivity contribution in [3.05, 3.63) is 65.5 Å². The summed E-state index contributed by atoms with van der Waals surface area (Å²) in [4.78, 5) is 27.7. The number of benzene rings is 1. The van der Waals surface area contributed by atoms with E-state index in [4.69, 9.17) is 0 Å². The van der Waals surface area contributed by atoms with E-state index in [1.807, 2.05) is 49.4 Å². The first kappa shape index (κ1) is 16.7. The van der Waals surface area contributed by atoms with Crippen LogP contribution in [-0.4, -0.2) is 16.8 Å². The highest BCUT2D eigenvalue weighted by atomic mass is 16.2. The number of nitrogens with one attached hydrogen (secondary N) is 2. The number of amides is 2. The molecule has 0 aliphatic rings. The van der Waals surface area contributed by atoms with Gasteiger partial charge in [-0.25, -0.2) is 0 Å². The summed E-state index contributed by atoms with van der Waals surface area (Å²) in [6.45, 7) is 3.82. The fraction of sp³-hybridized carbons (Fsp3) is 0.278. The van der Waals surface area contributed by atoms with Gasteiger partial charge in [0.1, 0.15) is 0 Å². The third kappa shape index (κ3) is 5.54.